The minimum absolute atomic E-state index is 0.00869. The van der Waals surface area contributed by atoms with E-state index in [0.717, 1.165) is 16.8 Å². The summed E-state index contributed by atoms with van der Waals surface area (Å²) >= 11 is 0. The van der Waals surface area contributed by atoms with Crippen LogP contribution in [0.5, 0.6) is 0 Å². The minimum Gasteiger partial charge on any atom is -0.326 e. The molecular formula is C19H19N3O. The van der Waals surface area contributed by atoms with Crippen LogP contribution in [-0.4, -0.2) is 15.7 Å². The lowest BCUT2D eigenvalue weighted by atomic mass is 10.1. The van der Waals surface area contributed by atoms with E-state index in [1.807, 2.05) is 55.6 Å². The molecule has 4 nitrogen and oxygen atoms in total. The highest BCUT2D eigenvalue weighted by Gasteiger charge is 2.04. The molecule has 23 heavy (non-hydrogen) atoms. The second-order valence-electron chi connectivity index (χ2n) is 5.52. The monoisotopic (exact) mass is 305 g/mol. The maximum absolute atomic E-state index is 12.0. The molecule has 1 heterocycles. The molecule has 3 aromatic rings. The standard InChI is InChI=1S/C19H19N3O/c1-15-13-20-22(14-15)12-11-19(23)21-18-9-7-17(8-10-18)16-5-3-2-4-6-16/h2-10,13-14H,11-12H2,1H3,(H,21,23). The Labute approximate surface area is 135 Å². The number of benzene rings is 2. The largest absolute Gasteiger partial charge is 0.326 e. The molecule has 1 N–H and O–H groups in total. The second-order valence-corrected chi connectivity index (χ2v) is 5.52. The Bertz CT molecular complexity index is 776. The molecule has 1 aromatic heterocycles. The summed E-state index contributed by atoms with van der Waals surface area (Å²) in [7, 11) is 0. The summed E-state index contributed by atoms with van der Waals surface area (Å²) in [6.45, 7) is 2.57. The van der Waals surface area contributed by atoms with Crippen LogP contribution in [0.3, 0.4) is 0 Å². The van der Waals surface area contributed by atoms with Gasteiger partial charge in [0.1, 0.15) is 0 Å². The van der Waals surface area contributed by atoms with E-state index in [0.29, 0.717) is 13.0 Å². The van der Waals surface area contributed by atoms with Crippen LogP contribution in [0.4, 0.5) is 5.69 Å². The van der Waals surface area contributed by atoms with Gasteiger partial charge in [0.15, 0.2) is 0 Å². The van der Waals surface area contributed by atoms with Crippen molar-refractivity contribution in [2.24, 2.45) is 0 Å². The zero-order chi connectivity index (χ0) is 16.1. The van der Waals surface area contributed by atoms with Crippen LogP contribution >= 0.6 is 0 Å². The normalized spacial score (nSPS) is 10.5. The Balaban J connectivity index is 1.56. The SMILES string of the molecule is Cc1cnn(CCC(=O)Nc2ccc(-c3ccccc3)cc2)c1. The van der Waals surface area contributed by atoms with E-state index in [2.05, 4.69) is 22.5 Å². The van der Waals surface area contributed by atoms with Gasteiger partial charge in [-0.2, -0.15) is 5.10 Å². The molecule has 0 radical (unpaired) electrons. The highest BCUT2D eigenvalue weighted by molar-refractivity contribution is 5.90. The van der Waals surface area contributed by atoms with Gasteiger partial charge < -0.3 is 5.32 Å². The minimum atomic E-state index is -0.00869. The number of nitrogens with one attached hydrogen (secondary N) is 1. The summed E-state index contributed by atoms with van der Waals surface area (Å²) < 4.78 is 1.79. The van der Waals surface area contributed by atoms with Gasteiger partial charge in [0, 0.05) is 24.8 Å². The van der Waals surface area contributed by atoms with Gasteiger partial charge >= 0.3 is 0 Å². The summed E-state index contributed by atoms with van der Waals surface area (Å²) in [5, 5.41) is 7.09. The molecule has 0 atom stereocenters. The number of carbonyl (C=O) groups is 1. The number of anilines is 1. The first-order valence-electron chi connectivity index (χ1n) is 7.65. The van der Waals surface area contributed by atoms with Crippen molar-refractivity contribution in [2.75, 3.05) is 5.32 Å². The first-order valence-corrected chi connectivity index (χ1v) is 7.65. The maximum Gasteiger partial charge on any atom is 0.226 e. The molecule has 116 valence electrons. The quantitative estimate of drug-likeness (QED) is 0.777. The number of carbonyl (C=O) groups excluding carboxylic acids is 1. The van der Waals surface area contributed by atoms with Crippen molar-refractivity contribution >= 4 is 11.6 Å². The Hall–Kier alpha value is -2.88. The third-order valence-electron chi connectivity index (χ3n) is 3.61. The van der Waals surface area contributed by atoms with Crippen molar-refractivity contribution < 1.29 is 4.79 Å². The van der Waals surface area contributed by atoms with Crippen LogP contribution in [0.2, 0.25) is 0 Å². The molecule has 0 aliphatic heterocycles. The topological polar surface area (TPSA) is 46.9 Å². The predicted octanol–water partition coefficient (Wildman–Crippen LogP) is 3.89. The molecule has 0 fully saturated rings. The summed E-state index contributed by atoms with van der Waals surface area (Å²) in [5.41, 5.74) is 4.21. The molecule has 0 aliphatic rings. The summed E-state index contributed by atoms with van der Waals surface area (Å²) in [6, 6.07) is 18.1. The van der Waals surface area contributed by atoms with Gasteiger partial charge in [0.2, 0.25) is 5.91 Å². The molecule has 3 rings (SSSR count). The van der Waals surface area contributed by atoms with Crippen LogP contribution in [0, 0.1) is 6.92 Å². The van der Waals surface area contributed by atoms with Crippen LogP contribution < -0.4 is 5.32 Å². The van der Waals surface area contributed by atoms with Gasteiger partial charge in [-0.15, -0.1) is 0 Å². The number of aromatic nitrogens is 2. The van der Waals surface area contributed by atoms with Crippen molar-refractivity contribution in [3.63, 3.8) is 0 Å². The average Bonchev–Trinajstić information content (AvgIpc) is 3.00. The van der Waals surface area contributed by atoms with E-state index in [-0.39, 0.29) is 5.91 Å². The number of nitrogens with zero attached hydrogens (tertiary/aromatic N) is 2. The lowest BCUT2D eigenvalue weighted by molar-refractivity contribution is -0.116. The van der Waals surface area contributed by atoms with Crippen molar-refractivity contribution in [1.82, 2.24) is 9.78 Å². The first kappa shape index (κ1) is 15.0. The van der Waals surface area contributed by atoms with E-state index in [1.54, 1.807) is 10.9 Å². The fraction of sp³-hybridized carbons (Fsp3) is 0.158. The van der Waals surface area contributed by atoms with E-state index in [9.17, 15) is 4.79 Å². The summed E-state index contributed by atoms with van der Waals surface area (Å²) in [6.07, 6.45) is 4.13. The highest BCUT2D eigenvalue weighted by Crippen LogP contribution is 2.21. The molecular weight excluding hydrogens is 286 g/mol. The number of rotatable bonds is 5. The molecule has 0 spiro atoms. The predicted molar refractivity (Wildman–Crippen MR) is 92.1 cm³/mol. The highest BCUT2D eigenvalue weighted by atomic mass is 16.1. The molecule has 0 saturated carbocycles. The first-order chi connectivity index (χ1) is 11.2. The van der Waals surface area contributed by atoms with Crippen LogP contribution in [0.1, 0.15) is 12.0 Å². The maximum atomic E-state index is 12.0. The number of hydrogen-bond acceptors (Lipinski definition) is 2. The molecule has 0 saturated heterocycles. The van der Waals surface area contributed by atoms with Gasteiger partial charge in [-0.05, 0) is 35.7 Å². The number of hydrogen-bond donors (Lipinski definition) is 1. The van der Waals surface area contributed by atoms with Gasteiger partial charge in [-0.1, -0.05) is 42.5 Å². The molecule has 0 bridgehead atoms. The van der Waals surface area contributed by atoms with Crippen molar-refractivity contribution in [3.05, 3.63) is 72.6 Å². The van der Waals surface area contributed by atoms with Crippen LogP contribution in [0.15, 0.2) is 67.0 Å². The van der Waals surface area contributed by atoms with Gasteiger partial charge in [-0.25, -0.2) is 0 Å². The third kappa shape index (κ3) is 4.07. The van der Waals surface area contributed by atoms with Gasteiger partial charge in [-0.3, -0.25) is 9.48 Å². The number of aryl methyl sites for hydroxylation is 2. The van der Waals surface area contributed by atoms with Crippen LogP contribution in [-0.2, 0) is 11.3 Å². The Morgan fingerprint density at radius 1 is 1.04 bits per heavy atom. The lowest BCUT2D eigenvalue weighted by Gasteiger charge is -2.07. The van der Waals surface area contributed by atoms with Crippen LogP contribution in [0.25, 0.3) is 11.1 Å². The molecule has 0 aliphatic carbocycles. The van der Waals surface area contributed by atoms with Gasteiger partial charge in [0.25, 0.3) is 0 Å². The zero-order valence-corrected chi connectivity index (χ0v) is 13.1. The fourth-order valence-electron chi connectivity index (χ4n) is 2.41. The van der Waals surface area contributed by atoms with E-state index >= 15 is 0 Å². The molecule has 0 unspecified atom stereocenters. The molecule has 1 amide bonds. The Morgan fingerprint density at radius 2 is 1.74 bits per heavy atom. The summed E-state index contributed by atoms with van der Waals surface area (Å²) in [5.74, 6) is -0.00869. The zero-order valence-electron chi connectivity index (χ0n) is 13.1. The van der Waals surface area contributed by atoms with E-state index < -0.39 is 0 Å². The molecule has 4 heteroatoms. The average molecular weight is 305 g/mol. The Morgan fingerprint density at radius 3 is 2.39 bits per heavy atom. The number of amides is 1. The second kappa shape index (κ2) is 6.92. The smallest absolute Gasteiger partial charge is 0.226 e. The van der Waals surface area contributed by atoms with Crippen molar-refractivity contribution in [1.29, 1.82) is 0 Å². The third-order valence-corrected chi connectivity index (χ3v) is 3.61. The van der Waals surface area contributed by atoms with E-state index in [4.69, 9.17) is 0 Å². The molecule has 2 aromatic carbocycles. The lowest BCUT2D eigenvalue weighted by Crippen LogP contribution is -2.14. The van der Waals surface area contributed by atoms with E-state index in [1.165, 1.54) is 5.56 Å². The summed E-state index contributed by atoms with van der Waals surface area (Å²) in [4.78, 5) is 12.0. The van der Waals surface area contributed by atoms with Crippen molar-refractivity contribution in [2.45, 2.75) is 19.9 Å². The van der Waals surface area contributed by atoms with Crippen molar-refractivity contribution in [3.8, 4) is 11.1 Å². The Kier molecular flexibility index (Phi) is 4.52. The fourth-order valence-corrected chi connectivity index (χ4v) is 2.41. The van der Waals surface area contributed by atoms with Gasteiger partial charge in [0.05, 0.1) is 6.20 Å².